The smallest absolute Gasteiger partial charge is 0.299 e. The maximum absolute atomic E-state index is 5.93. The molecule has 0 amide bonds. The molecule has 6 heteroatoms. The van der Waals surface area contributed by atoms with E-state index in [1.165, 1.54) is 0 Å². The third-order valence-electron chi connectivity index (χ3n) is 4.48. The normalized spacial score (nSPS) is 22.8. The minimum Gasteiger partial charge on any atom is -0.424 e. The van der Waals surface area contributed by atoms with Crippen LogP contribution in [-0.4, -0.2) is 15.9 Å². The lowest BCUT2D eigenvalue weighted by Gasteiger charge is -2.30. The van der Waals surface area contributed by atoms with Crippen molar-refractivity contribution in [2.45, 2.75) is 31.7 Å². The van der Waals surface area contributed by atoms with Crippen LogP contribution in [0.3, 0.4) is 0 Å². The summed E-state index contributed by atoms with van der Waals surface area (Å²) in [5, 5.41) is 3.93. The van der Waals surface area contributed by atoms with E-state index in [2.05, 4.69) is 40.4 Å². The molecule has 0 bridgehead atoms. The highest BCUT2D eigenvalue weighted by molar-refractivity contribution is 8.13. The van der Waals surface area contributed by atoms with Crippen molar-refractivity contribution < 1.29 is 4.42 Å². The van der Waals surface area contributed by atoms with Gasteiger partial charge in [-0.3, -0.25) is 4.99 Å². The maximum atomic E-state index is 5.93. The Labute approximate surface area is 145 Å². The van der Waals surface area contributed by atoms with E-state index in [-0.39, 0.29) is 5.54 Å². The number of anilines is 2. The molecule has 24 heavy (non-hydrogen) atoms. The molecule has 1 aromatic carbocycles. The monoisotopic (exact) mass is 340 g/mol. The number of rotatable bonds is 3. The Bertz CT molecular complexity index is 826. The first kappa shape index (κ1) is 15.3. The van der Waals surface area contributed by atoms with Gasteiger partial charge < -0.3 is 15.5 Å². The number of benzene rings is 1. The maximum Gasteiger partial charge on any atom is 0.299 e. The van der Waals surface area contributed by atoms with Gasteiger partial charge in [0.1, 0.15) is 0 Å². The molecule has 3 N–H and O–H groups in total. The molecule has 0 spiro atoms. The molecule has 0 radical (unpaired) electrons. The van der Waals surface area contributed by atoms with Gasteiger partial charge in [0.15, 0.2) is 10.9 Å². The number of nitrogens with zero attached hydrogens (tertiary/aromatic N) is 2. The van der Waals surface area contributed by atoms with Gasteiger partial charge in [-0.1, -0.05) is 30.0 Å². The lowest BCUT2D eigenvalue weighted by atomic mass is 9.89. The van der Waals surface area contributed by atoms with Gasteiger partial charge in [-0.2, -0.15) is 4.98 Å². The van der Waals surface area contributed by atoms with Gasteiger partial charge >= 0.3 is 0 Å². The van der Waals surface area contributed by atoms with E-state index >= 15 is 0 Å². The van der Waals surface area contributed by atoms with Gasteiger partial charge in [0.25, 0.3) is 6.01 Å². The second-order valence-corrected chi connectivity index (χ2v) is 7.41. The third-order valence-corrected chi connectivity index (χ3v) is 5.27. The molecule has 1 atom stereocenters. The van der Waals surface area contributed by atoms with E-state index in [9.17, 15) is 0 Å². The van der Waals surface area contributed by atoms with Crippen LogP contribution in [-0.2, 0) is 12.0 Å². The summed E-state index contributed by atoms with van der Waals surface area (Å²) in [5.74, 6) is 1.84. The molecule has 5 nitrogen and oxygen atoms in total. The summed E-state index contributed by atoms with van der Waals surface area (Å²) in [7, 11) is 0. The number of oxazole rings is 1. The van der Waals surface area contributed by atoms with Crippen molar-refractivity contribution in [3.8, 4) is 0 Å². The SMILES string of the molecule is CC1(c2cccc(Nc3nc4c(o3)C=CCC4)c2)CCSC(N)=N1. The molecule has 2 aliphatic rings. The van der Waals surface area contributed by atoms with Gasteiger partial charge in [0.2, 0.25) is 0 Å². The van der Waals surface area contributed by atoms with Gasteiger partial charge in [-0.15, -0.1) is 0 Å². The molecule has 2 aromatic rings. The largest absolute Gasteiger partial charge is 0.424 e. The predicted molar refractivity (Wildman–Crippen MR) is 99.6 cm³/mol. The van der Waals surface area contributed by atoms with Crippen LogP contribution < -0.4 is 11.1 Å². The Hall–Kier alpha value is -2.21. The number of hydrogen-bond acceptors (Lipinski definition) is 6. The van der Waals surface area contributed by atoms with Gasteiger partial charge in [0.05, 0.1) is 11.2 Å². The summed E-state index contributed by atoms with van der Waals surface area (Å²) >= 11 is 1.62. The Morgan fingerprint density at radius 2 is 2.29 bits per heavy atom. The minimum absolute atomic E-state index is 0.272. The lowest BCUT2D eigenvalue weighted by molar-refractivity contribution is 0.482. The summed E-state index contributed by atoms with van der Waals surface area (Å²) in [6, 6.07) is 8.78. The first-order valence-electron chi connectivity index (χ1n) is 8.14. The van der Waals surface area contributed by atoms with Crippen molar-refractivity contribution in [2.24, 2.45) is 10.7 Å². The van der Waals surface area contributed by atoms with Crippen LogP contribution in [0.15, 0.2) is 39.8 Å². The predicted octanol–water partition coefficient (Wildman–Crippen LogP) is 4.04. The minimum atomic E-state index is -0.272. The molecule has 2 heterocycles. The average Bonchev–Trinajstić information content (AvgIpc) is 2.97. The Kier molecular flexibility index (Phi) is 3.84. The molecule has 4 rings (SSSR count). The number of aromatic nitrogens is 1. The van der Waals surface area contributed by atoms with Crippen molar-refractivity contribution in [2.75, 3.05) is 11.1 Å². The molecule has 0 saturated heterocycles. The number of allylic oxidation sites excluding steroid dienone is 1. The first-order chi connectivity index (χ1) is 11.6. The zero-order chi connectivity index (χ0) is 16.6. The first-order valence-corrected chi connectivity index (χ1v) is 9.13. The summed E-state index contributed by atoms with van der Waals surface area (Å²) in [6.45, 7) is 2.13. The van der Waals surface area contributed by atoms with Crippen molar-refractivity contribution in [1.29, 1.82) is 0 Å². The standard InChI is InChI=1S/C18H20N4OS/c1-18(9-10-24-16(19)22-18)12-5-4-6-13(11-12)20-17-21-14-7-2-3-8-15(14)23-17/h3-6,8,11H,2,7,9-10H2,1H3,(H2,19,22)(H,20,21). The molecular weight excluding hydrogens is 320 g/mol. The van der Waals surface area contributed by atoms with Gasteiger partial charge in [0, 0.05) is 11.4 Å². The topological polar surface area (TPSA) is 76.4 Å². The Morgan fingerprint density at radius 1 is 1.38 bits per heavy atom. The van der Waals surface area contributed by atoms with Crippen LogP contribution in [0.5, 0.6) is 0 Å². The highest BCUT2D eigenvalue weighted by Gasteiger charge is 2.29. The second kappa shape index (κ2) is 6.02. The number of fused-ring (bicyclic) bond motifs is 1. The molecule has 1 aromatic heterocycles. The van der Waals surface area contributed by atoms with Crippen LogP contribution in [0.1, 0.15) is 36.8 Å². The number of nitrogens with two attached hydrogens (primary N) is 1. The molecular formula is C18H20N4OS. The number of amidine groups is 1. The molecule has 124 valence electrons. The zero-order valence-corrected chi connectivity index (χ0v) is 14.4. The number of nitrogens with one attached hydrogen (secondary N) is 1. The van der Waals surface area contributed by atoms with Crippen LogP contribution in [0.2, 0.25) is 0 Å². The number of aryl methyl sites for hydroxylation is 1. The van der Waals surface area contributed by atoms with Crippen LogP contribution in [0, 0.1) is 0 Å². The fraction of sp³-hybridized carbons (Fsp3) is 0.333. The van der Waals surface area contributed by atoms with Crippen molar-refractivity contribution in [3.05, 3.63) is 47.4 Å². The van der Waals surface area contributed by atoms with Crippen molar-refractivity contribution in [1.82, 2.24) is 4.98 Å². The van der Waals surface area contributed by atoms with E-state index in [4.69, 9.17) is 10.2 Å². The van der Waals surface area contributed by atoms with Gasteiger partial charge in [-0.05, 0) is 50.0 Å². The highest BCUT2D eigenvalue weighted by Crippen LogP contribution is 2.36. The molecule has 1 aliphatic heterocycles. The van der Waals surface area contributed by atoms with E-state index in [1.54, 1.807) is 11.8 Å². The summed E-state index contributed by atoms with van der Waals surface area (Å²) in [5.41, 5.74) is 8.77. The molecule has 0 fully saturated rings. The number of thioether (sulfide) groups is 1. The summed E-state index contributed by atoms with van der Waals surface area (Å²) < 4.78 is 5.78. The zero-order valence-electron chi connectivity index (χ0n) is 13.6. The van der Waals surface area contributed by atoms with E-state index in [1.807, 2.05) is 18.2 Å². The van der Waals surface area contributed by atoms with Crippen LogP contribution in [0.4, 0.5) is 11.7 Å². The van der Waals surface area contributed by atoms with E-state index in [0.717, 1.165) is 47.7 Å². The highest BCUT2D eigenvalue weighted by atomic mass is 32.2. The van der Waals surface area contributed by atoms with Crippen LogP contribution in [0.25, 0.3) is 6.08 Å². The molecule has 1 unspecified atom stereocenters. The molecule has 1 aliphatic carbocycles. The van der Waals surface area contributed by atoms with Crippen LogP contribution >= 0.6 is 11.8 Å². The fourth-order valence-electron chi connectivity index (χ4n) is 3.09. The van der Waals surface area contributed by atoms with E-state index in [0.29, 0.717) is 11.2 Å². The number of aliphatic imine (C=N–C) groups is 1. The Morgan fingerprint density at radius 3 is 3.12 bits per heavy atom. The summed E-state index contributed by atoms with van der Waals surface area (Å²) in [6.07, 6.45) is 7.03. The van der Waals surface area contributed by atoms with E-state index < -0.39 is 0 Å². The third kappa shape index (κ3) is 2.94. The van der Waals surface area contributed by atoms with Crippen molar-refractivity contribution >= 4 is 34.7 Å². The molecule has 0 saturated carbocycles. The Balaban J connectivity index is 1.60. The average molecular weight is 340 g/mol. The quantitative estimate of drug-likeness (QED) is 0.881. The summed E-state index contributed by atoms with van der Waals surface area (Å²) in [4.78, 5) is 9.20. The fourth-order valence-corrected chi connectivity index (χ4v) is 4.06. The second-order valence-electron chi connectivity index (χ2n) is 6.30. The van der Waals surface area contributed by atoms with Gasteiger partial charge in [-0.25, -0.2) is 0 Å². The lowest BCUT2D eigenvalue weighted by Crippen LogP contribution is -2.28. The number of hydrogen-bond donors (Lipinski definition) is 2. The van der Waals surface area contributed by atoms with Crippen molar-refractivity contribution in [3.63, 3.8) is 0 Å².